The van der Waals surface area contributed by atoms with E-state index in [2.05, 4.69) is 56.5 Å². The number of aromatic nitrogens is 1. The Bertz CT molecular complexity index is 3050. The largest absolute Gasteiger partial charge is 0.494 e. The number of hydrogen-bond acceptors (Lipinski definition) is 12. The third-order valence-electron chi connectivity index (χ3n) is 12.5. The van der Waals surface area contributed by atoms with Gasteiger partial charge in [-0.1, -0.05) is 109 Å². The van der Waals surface area contributed by atoms with Crippen LogP contribution in [0.3, 0.4) is 0 Å². The SMILES string of the molecule is C=CC(=O)OCCCOc1ccc(C#Cc2ccc(-c3ccc(OC(=O)c4ccc(OCCCCCCOCC5(CC)COC5)cc4)c(/C=N/N(Cc4ccc(C)cc4)c4nc5ccccc5s4)c3)cc2Cl)cc1. The second-order valence-electron chi connectivity index (χ2n) is 18.1. The van der Waals surface area contributed by atoms with Gasteiger partial charge in [-0.2, -0.15) is 5.10 Å². The minimum atomic E-state index is -0.518. The highest BCUT2D eigenvalue weighted by molar-refractivity contribution is 7.22. The molecule has 1 aliphatic rings. The van der Waals surface area contributed by atoms with Crippen molar-refractivity contribution in [2.45, 2.75) is 58.9 Å². The van der Waals surface area contributed by atoms with Gasteiger partial charge in [0.05, 0.1) is 73.2 Å². The number of esters is 2. The van der Waals surface area contributed by atoms with Crippen LogP contribution < -0.4 is 19.2 Å². The molecule has 380 valence electrons. The van der Waals surface area contributed by atoms with Crippen molar-refractivity contribution in [3.63, 3.8) is 0 Å². The van der Waals surface area contributed by atoms with E-state index in [1.165, 1.54) is 0 Å². The molecule has 1 fully saturated rings. The molecule has 7 aromatic rings. The second kappa shape index (κ2) is 26.6. The van der Waals surface area contributed by atoms with Crippen LogP contribution >= 0.6 is 22.9 Å². The number of halogens is 1. The zero-order valence-corrected chi connectivity index (χ0v) is 43.4. The summed E-state index contributed by atoms with van der Waals surface area (Å²) in [5, 5.41) is 8.10. The molecule has 0 radical (unpaired) electrons. The van der Waals surface area contributed by atoms with Gasteiger partial charge in [0.1, 0.15) is 17.2 Å². The summed E-state index contributed by atoms with van der Waals surface area (Å²) in [6.07, 6.45) is 8.57. The molecule has 74 heavy (non-hydrogen) atoms. The second-order valence-corrected chi connectivity index (χ2v) is 19.5. The van der Waals surface area contributed by atoms with E-state index in [-0.39, 0.29) is 12.0 Å². The van der Waals surface area contributed by atoms with Gasteiger partial charge >= 0.3 is 11.9 Å². The van der Waals surface area contributed by atoms with Crippen molar-refractivity contribution in [2.75, 3.05) is 51.3 Å². The van der Waals surface area contributed by atoms with Crippen LogP contribution in [0.25, 0.3) is 21.3 Å². The molecule has 0 N–H and O–H groups in total. The van der Waals surface area contributed by atoms with Gasteiger partial charge in [0.2, 0.25) is 5.13 Å². The van der Waals surface area contributed by atoms with Crippen molar-refractivity contribution in [3.05, 3.63) is 185 Å². The molecule has 11 nitrogen and oxygen atoms in total. The quantitative estimate of drug-likeness (QED) is 0.0104. The predicted octanol–water partition coefficient (Wildman–Crippen LogP) is 13.5. The van der Waals surface area contributed by atoms with E-state index in [4.69, 9.17) is 50.1 Å². The summed E-state index contributed by atoms with van der Waals surface area (Å²) in [7, 11) is 0. The van der Waals surface area contributed by atoms with E-state index in [9.17, 15) is 9.59 Å². The van der Waals surface area contributed by atoms with Crippen LogP contribution in [0, 0.1) is 24.2 Å². The average Bonchev–Trinajstić information content (AvgIpc) is 3.85. The lowest BCUT2D eigenvalue weighted by molar-refractivity contribution is -0.150. The van der Waals surface area contributed by atoms with Crippen LogP contribution in [0.1, 0.15) is 83.6 Å². The fourth-order valence-corrected chi connectivity index (χ4v) is 9.01. The number of para-hydroxylation sites is 1. The number of benzene rings is 6. The maximum atomic E-state index is 13.8. The molecule has 0 atom stereocenters. The summed E-state index contributed by atoms with van der Waals surface area (Å²) in [6, 6.07) is 42.1. The summed E-state index contributed by atoms with van der Waals surface area (Å²) in [4.78, 5) is 30.0. The van der Waals surface area contributed by atoms with Crippen LogP contribution in [-0.4, -0.2) is 69.4 Å². The number of rotatable bonds is 25. The van der Waals surface area contributed by atoms with Crippen LogP contribution in [0.2, 0.25) is 5.02 Å². The third-order valence-corrected chi connectivity index (χ3v) is 13.9. The molecule has 0 saturated carbocycles. The number of anilines is 1. The first-order valence-electron chi connectivity index (χ1n) is 25.0. The van der Waals surface area contributed by atoms with Gasteiger partial charge in [0.15, 0.2) is 0 Å². The van der Waals surface area contributed by atoms with E-state index in [1.54, 1.807) is 47.9 Å². The molecular weight excluding hydrogens is 970 g/mol. The lowest BCUT2D eigenvalue weighted by Crippen LogP contribution is -2.45. The van der Waals surface area contributed by atoms with Crippen molar-refractivity contribution in [1.29, 1.82) is 0 Å². The zero-order valence-electron chi connectivity index (χ0n) is 41.9. The molecule has 1 saturated heterocycles. The number of hydrazone groups is 1. The number of carbonyl (C=O) groups is 2. The molecule has 0 bridgehead atoms. The Kier molecular flexibility index (Phi) is 19.1. The molecule has 1 aliphatic heterocycles. The van der Waals surface area contributed by atoms with Gasteiger partial charge in [-0.25, -0.2) is 19.6 Å². The smallest absolute Gasteiger partial charge is 0.343 e. The lowest BCUT2D eigenvalue weighted by Gasteiger charge is -2.40. The first-order chi connectivity index (χ1) is 36.2. The van der Waals surface area contributed by atoms with Crippen LogP contribution in [0.4, 0.5) is 5.13 Å². The van der Waals surface area contributed by atoms with Crippen LogP contribution in [-0.2, 0) is 25.5 Å². The molecule has 0 unspecified atom stereocenters. The van der Waals surface area contributed by atoms with Gasteiger partial charge in [0, 0.05) is 41.2 Å². The van der Waals surface area contributed by atoms with E-state index < -0.39 is 11.9 Å². The monoisotopic (exact) mass is 1030 g/mol. The summed E-state index contributed by atoms with van der Waals surface area (Å²) in [5.41, 5.74) is 7.38. The molecular formula is C61H60ClN3O8S. The highest BCUT2D eigenvalue weighted by Gasteiger charge is 2.36. The number of carbonyl (C=O) groups excluding carboxylic acids is 2. The standard InChI is InChI=1S/C61H60ClN3O8S/c1-4-58(66)72-36-12-35-71-52-28-20-45(21-29-52)19-22-47-23-24-50(38-54(47)62)49-27-32-56(51(37-49)39-63-65(40-46-17-15-44(3)16-18-46)60-64-55-13-8-9-14-57(55)74-60)73-59(67)48-25-30-53(31-26-48)70-34-11-7-6-10-33-68-41-61(5-2)42-69-43-61/h4,8-9,13-18,20-21,23-32,37-39H,1,5-7,10-12,33-36,40-43H2,2-3H3/b63-39+. The van der Waals surface area contributed by atoms with Crippen LogP contribution in [0.15, 0.2) is 151 Å². The van der Waals surface area contributed by atoms with Gasteiger partial charge in [-0.15, -0.1) is 0 Å². The fourth-order valence-electron chi connectivity index (χ4n) is 7.86. The van der Waals surface area contributed by atoms with Gasteiger partial charge < -0.3 is 28.4 Å². The van der Waals surface area contributed by atoms with Crippen molar-refractivity contribution in [2.24, 2.45) is 10.5 Å². The summed E-state index contributed by atoms with van der Waals surface area (Å²) < 4.78 is 35.3. The van der Waals surface area contributed by atoms with Gasteiger partial charge in [-0.05, 0) is 134 Å². The van der Waals surface area contributed by atoms with Crippen molar-refractivity contribution >= 4 is 56.4 Å². The summed E-state index contributed by atoms with van der Waals surface area (Å²) in [5.74, 6) is 7.11. The summed E-state index contributed by atoms with van der Waals surface area (Å²) in [6.45, 7) is 12.5. The number of aryl methyl sites for hydroxylation is 1. The first-order valence-corrected chi connectivity index (χ1v) is 26.2. The van der Waals surface area contributed by atoms with Crippen molar-refractivity contribution < 1.29 is 38.0 Å². The predicted molar refractivity (Wildman–Crippen MR) is 295 cm³/mol. The van der Waals surface area contributed by atoms with E-state index in [0.29, 0.717) is 65.1 Å². The minimum absolute atomic E-state index is 0.222. The normalized spacial score (nSPS) is 12.6. The van der Waals surface area contributed by atoms with E-state index >= 15 is 0 Å². The number of nitrogens with zero attached hydrogens (tertiary/aromatic N) is 3. The number of thiazole rings is 1. The Morgan fingerprint density at radius 1 is 0.811 bits per heavy atom. The minimum Gasteiger partial charge on any atom is -0.494 e. The Hall–Kier alpha value is -7.27. The van der Waals surface area contributed by atoms with E-state index in [0.717, 1.165) is 108 Å². The molecule has 0 amide bonds. The maximum absolute atomic E-state index is 13.8. The zero-order chi connectivity index (χ0) is 51.5. The van der Waals surface area contributed by atoms with Crippen LogP contribution in [0.5, 0.6) is 17.2 Å². The number of fused-ring (bicyclic) bond motifs is 1. The number of ether oxygens (including phenoxy) is 6. The Morgan fingerprint density at radius 3 is 2.22 bits per heavy atom. The Balaban J connectivity index is 0.954. The average molecular weight is 1030 g/mol. The van der Waals surface area contributed by atoms with Gasteiger partial charge in [0.25, 0.3) is 0 Å². The first kappa shape index (κ1) is 53.0. The van der Waals surface area contributed by atoms with Crippen molar-refractivity contribution in [3.8, 4) is 40.2 Å². The molecule has 1 aromatic heterocycles. The molecule has 0 spiro atoms. The van der Waals surface area contributed by atoms with Crippen molar-refractivity contribution in [1.82, 2.24) is 4.98 Å². The molecule has 13 heteroatoms. The molecule has 0 aliphatic carbocycles. The van der Waals surface area contributed by atoms with Gasteiger partial charge in [-0.3, -0.25) is 0 Å². The number of hydrogen-bond donors (Lipinski definition) is 0. The Labute approximate surface area is 442 Å². The highest BCUT2D eigenvalue weighted by atomic mass is 35.5. The number of unbranched alkanes of at least 4 members (excludes halogenated alkanes) is 3. The highest BCUT2D eigenvalue weighted by Crippen LogP contribution is 2.34. The topological polar surface area (TPSA) is 118 Å². The van der Waals surface area contributed by atoms with E-state index in [1.807, 2.05) is 83.9 Å². The third kappa shape index (κ3) is 15.2. The Morgan fingerprint density at radius 2 is 1.51 bits per heavy atom. The fraction of sp³-hybridized carbons (Fsp3) is 0.279. The summed E-state index contributed by atoms with van der Waals surface area (Å²) >= 11 is 8.45. The molecule has 6 aromatic carbocycles. The lowest BCUT2D eigenvalue weighted by atomic mass is 9.84. The maximum Gasteiger partial charge on any atom is 0.343 e. The molecule has 8 rings (SSSR count). The molecule has 2 heterocycles.